The van der Waals surface area contributed by atoms with Crippen LogP contribution in [0.1, 0.15) is 42.3 Å². The Morgan fingerprint density at radius 1 is 1.39 bits per heavy atom. The average Bonchev–Trinajstić information content (AvgIpc) is 3.06. The SMILES string of the molecule is C[C@H]1CCc2c(sc3ncn([C@H](C)C(=O)N/N=C\c4ccccc4)c(=O)c23)C1. The Balaban J connectivity index is 1.58. The van der Waals surface area contributed by atoms with Crippen LogP contribution in [0.2, 0.25) is 0 Å². The smallest absolute Gasteiger partial charge is 0.263 e. The number of nitrogens with one attached hydrogen (secondary N) is 1. The molecule has 0 bridgehead atoms. The van der Waals surface area contributed by atoms with E-state index in [9.17, 15) is 9.59 Å². The van der Waals surface area contributed by atoms with Crippen molar-refractivity contribution in [1.82, 2.24) is 15.0 Å². The summed E-state index contributed by atoms with van der Waals surface area (Å²) in [5, 5.41) is 4.67. The monoisotopic (exact) mass is 394 g/mol. The molecule has 2 heterocycles. The predicted octanol–water partition coefficient (Wildman–Crippen LogP) is 3.29. The second kappa shape index (κ2) is 7.67. The molecule has 7 heteroatoms. The molecule has 4 rings (SSSR count). The minimum atomic E-state index is -0.699. The van der Waals surface area contributed by atoms with E-state index in [0.717, 1.165) is 35.2 Å². The van der Waals surface area contributed by atoms with E-state index in [1.54, 1.807) is 24.5 Å². The molecule has 144 valence electrons. The van der Waals surface area contributed by atoms with Crippen molar-refractivity contribution in [3.05, 3.63) is 63.0 Å². The van der Waals surface area contributed by atoms with Crippen molar-refractivity contribution in [3.8, 4) is 0 Å². The Bertz CT molecular complexity index is 1100. The molecular formula is C21H22N4O2S. The van der Waals surface area contributed by atoms with E-state index in [-0.39, 0.29) is 11.5 Å². The molecule has 1 N–H and O–H groups in total. The predicted molar refractivity (Wildman–Crippen MR) is 112 cm³/mol. The number of carbonyl (C=O) groups is 1. The molecule has 0 saturated heterocycles. The molecule has 1 aliphatic rings. The van der Waals surface area contributed by atoms with Crippen LogP contribution in [-0.4, -0.2) is 21.7 Å². The van der Waals surface area contributed by atoms with Gasteiger partial charge in [0.25, 0.3) is 11.5 Å². The summed E-state index contributed by atoms with van der Waals surface area (Å²) in [6.07, 6.45) is 6.03. The fourth-order valence-electron chi connectivity index (χ4n) is 3.55. The minimum absolute atomic E-state index is 0.147. The van der Waals surface area contributed by atoms with Gasteiger partial charge in [0.2, 0.25) is 0 Å². The first kappa shape index (κ1) is 18.6. The van der Waals surface area contributed by atoms with Gasteiger partial charge in [-0.25, -0.2) is 10.4 Å². The van der Waals surface area contributed by atoms with Gasteiger partial charge in [-0.1, -0.05) is 37.3 Å². The molecule has 1 aromatic carbocycles. The largest absolute Gasteiger partial charge is 0.286 e. The Hall–Kier alpha value is -2.80. The van der Waals surface area contributed by atoms with Crippen LogP contribution < -0.4 is 11.0 Å². The van der Waals surface area contributed by atoms with Crippen molar-refractivity contribution < 1.29 is 4.79 Å². The maximum atomic E-state index is 13.1. The summed E-state index contributed by atoms with van der Waals surface area (Å²) in [5.41, 5.74) is 4.37. The van der Waals surface area contributed by atoms with Crippen LogP contribution in [0.4, 0.5) is 0 Å². The highest BCUT2D eigenvalue weighted by molar-refractivity contribution is 7.18. The van der Waals surface area contributed by atoms with Crippen LogP contribution in [0.25, 0.3) is 10.2 Å². The van der Waals surface area contributed by atoms with Gasteiger partial charge in [0.15, 0.2) is 0 Å². The number of aromatic nitrogens is 2. The summed E-state index contributed by atoms with van der Waals surface area (Å²) in [4.78, 5) is 32.1. The molecule has 6 nitrogen and oxygen atoms in total. The highest BCUT2D eigenvalue weighted by Crippen LogP contribution is 2.35. The van der Waals surface area contributed by atoms with E-state index in [4.69, 9.17) is 0 Å². The molecule has 0 radical (unpaired) electrons. The van der Waals surface area contributed by atoms with Crippen LogP contribution in [0.3, 0.4) is 0 Å². The maximum absolute atomic E-state index is 13.1. The van der Waals surface area contributed by atoms with Crippen LogP contribution in [0.15, 0.2) is 46.6 Å². The summed E-state index contributed by atoms with van der Waals surface area (Å²) in [7, 11) is 0. The second-order valence-corrected chi connectivity index (χ2v) is 8.39. The molecule has 0 spiro atoms. The molecule has 0 unspecified atom stereocenters. The quantitative estimate of drug-likeness (QED) is 0.545. The second-order valence-electron chi connectivity index (χ2n) is 7.31. The molecule has 0 aliphatic heterocycles. The van der Waals surface area contributed by atoms with Crippen molar-refractivity contribution in [2.45, 2.75) is 39.2 Å². The molecule has 0 fully saturated rings. The number of benzene rings is 1. The lowest BCUT2D eigenvalue weighted by Crippen LogP contribution is -2.34. The summed E-state index contributed by atoms with van der Waals surface area (Å²) in [6.45, 7) is 3.92. The number of nitrogens with zero attached hydrogens (tertiary/aromatic N) is 3. The molecule has 2 aromatic heterocycles. The molecular weight excluding hydrogens is 372 g/mol. The number of hydrogen-bond acceptors (Lipinski definition) is 5. The van der Waals surface area contributed by atoms with E-state index in [1.807, 2.05) is 30.3 Å². The molecule has 3 aromatic rings. The minimum Gasteiger partial charge on any atom is -0.286 e. The summed E-state index contributed by atoms with van der Waals surface area (Å²) in [6, 6.07) is 8.79. The van der Waals surface area contributed by atoms with Gasteiger partial charge >= 0.3 is 0 Å². The fourth-order valence-corrected chi connectivity index (χ4v) is 4.89. The first-order valence-electron chi connectivity index (χ1n) is 9.44. The lowest BCUT2D eigenvalue weighted by atomic mass is 9.89. The van der Waals surface area contributed by atoms with Gasteiger partial charge in [0, 0.05) is 4.88 Å². The number of amides is 1. The Morgan fingerprint density at radius 2 is 2.18 bits per heavy atom. The number of fused-ring (bicyclic) bond motifs is 3. The number of carbonyl (C=O) groups excluding carboxylic acids is 1. The van der Waals surface area contributed by atoms with E-state index >= 15 is 0 Å². The number of rotatable bonds is 4. The van der Waals surface area contributed by atoms with Crippen LogP contribution in [-0.2, 0) is 17.6 Å². The van der Waals surface area contributed by atoms with Gasteiger partial charge in [-0.05, 0) is 43.2 Å². The highest BCUT2D eigenvalue weighted by Gasteiger charge is 2.25. The van der Waals surface area contributed by atoms with Crippen LogP contribution in [0.5, 0.6) is 0 Å². The van der Waals surface area contributed by atoms with E-state index in [2.05, 4.69) is 22.4 Å². The van der Waals surface area contributed by atoms with E-state index < -0.39 is 6.04 Å². The zero-order chi connectivity index (χ0) is 19.7. The normalized spacial score (nSPS) is 17.6. The zero-order valence-corrected chi connectivity index (χ0v) is 16.7. The van der Waals surface area contributed by atoms with E-state index in [1.165, 1.54) is 15.8 Å². The van der Waals surface area contributed by atoms with Gasteiger partial charge in [0.1, 0.15) is 10.9 Å². The average molecular weight is 395 g/mol. The van der Waals surface area contributed by atoms with Crippen molar-refractivity contribution in [3.63, 3.8) is 0 Å². The summed E-state index contributed by atoms with van der Waals surface area (Å²) in [5.74, 6) is 0.281. The lowest BCUT2D eigenvalue weighted by Gasteiger charge is -2.18. The molecule has 0 saturated carbocycles. The summed E-state index contributed by atoms with van der Waals surface area (Å²) >= 11 is 1.61. The lowest BCUT2D eigenvalue weighted by molar-refractivity contribution is -0.123. The Kier molecular flexibility index (Phi) is 5.09. The number of thiophene rings is 1. The van der Waals surface area contributed by atoms with Gasteiger partial charge in [-0.3, -0.25) is 14.2 Å². The third-order valence-electron chi connectivity index (χ3n) is 5.23. The number of hydrazone groups is 1. The van der Waals surface area contributed by atoms with Gasteiger partial charge < -0.3 is 0 Å². The molecule has 1 aliphatic carbocycles. The summed E-state index contributed by atoms with van der Waals surface area (Å²) < 4.78 is 1.40. The third-order valence-corrected chi connectivity index (χ3v) is 6.39. The third kappa shape index (κ3) is 3.49. The van der Waals surface area contributed by atoms with Crippen molar-refractivity contribution in [1.29, 1.82) is 0 Å². The van der Waals surface area contributed by atoms with Crippen LogP contribution >= 0.6 is 11.3 Å². The fraction of sp³-hybridized carbons (Fsp3) is 0.333. The number of aryl methyl sites for hydroxylation is 1. The first-order valence-corrected chi connectivity index (χ1v) is 10.3. The van der Waals surface area contributed by atoms with Gasteiger partial charge in [-0.15, -0.1) is 11.3 Å². The highest BCUT2D eigenvalue weighted by atomic mass is 32.1. The topological polar surface area (TPSA) is 76.3 Å². The van der Waals surface area contributed by atoms with Gasteiger partial charge in [0.05, 0.1) is 17.9 Å². The zero-order valence-electron chi connectivity index (χ0n) is 15.9. The molecule has 1 amide bonds. The van der Waals surface area contributed by atoms with Crippen molar-refractivity contribution in [2.75, 3.05) is 0 Å². The van der Waals surface area contributed by atoms with Crippen LogP contribution in [0, 0.1) is 5.92 Å². The van der Waals surface area contributed by atoms with Gasteiger partial charge in [-0.2, -0.15) is 5.10 Å². The van der Waals surface area contributed by atoms with Crippen molar-refractivity contribution >= 4 is 33.7 Å². The number of hydrogen-bond donors (Lipinski definition) is 1. The first-order chi connectivity index (χ1) is 13.5. The maximum Gasteiger partial charge on any atom is 0.263 e. The molecule has 2 atom stereocenters. The molecule has 28 heavy (non-hydrogen) atoms. The van der Waals surface area contributed by atoms with Crippen molar-refractivity contribution in [2.24, 2.45) is 11.0 Å². The Morgan fingerprint density at radius 3 is 2.96 bits per heavy atom. The Labute approximate surface area is 166 Å². The standard InChI is InChI=1S/C21H22N4O2S/c1-13-8-9-16-17(10-13)28-20-18(16)21(27)25(12-22-20)14(2)19(26)24-23-11-15-6-4-3-5-7-15/h3-7,11-14H,8-10H2,1-2H3,(H,24,26)/b23-11-/t13-,14+/m0/s1. The van der Waals surface area contributed by atoms with E-state index in [0.29, 0.717) is 11.3 Å².